The molecule has 0 aromatic carbocycles. The smallest absolute Gasteiger partial charge is 0.331 e. The number of carboxylic acid groups (broad SMARTS) is 1. The lowest BCUT2D eigenvalue weighted by Crippen LogP contribution is -2.51. The average molecular weight is 309 g/mol. The average Bonchev–Trinajstić information content (AvgIpc) is 2.46. The van der Waals surface area contributed by atoms with Gasteiger partial charge in [-0.05, 0) is 37.7 Å². The summed E-state index contributed by atoms with van der Waals surface area (Å²) in [7, 11) is 0. The van der Waals surface area contributed by atoms with Gasteiger partial charge in [0.1, 0.15) is 0 Å². The minimum Gasteiger partial charge on any atom is -0.478 e. The molecule has 0 heterocycles. The predicted molar refractivity (Wildman–Crippen MR) is 85.5 cm³/mol. The van der Waals surface area contributed by atoms with E-state index in [1.807, 2.05) is 13.8 Å². The van der Waals surface area contributed by atoms with Gasteiger partial charge < -0.3 is 15.2 Å². The van der Waals surface area contributed by atoms with Gasteiger partial charge in [0.25, 0.3) is 0 Å². The molecule has 5 nitrogen and oxygen atoms in total. The number of hydrogen-bond donors (Lipinski definition) is 2. The van der Waals surface area contributed by atoms with Crippen LogP contribution < -0.4 is 5.32 Å². The molecule has 0 aromatic rings. The van der Waals surface area contributed by atoms with Crippen molar-refractivity contribution in [3.05, 3.63) is 24.3 Å². The third kappa shape index (κ3) is 4.98. The lowest BCUT2D eigenvalue weighted by atomic mass is 9.80. The van der Waals surface area contributed by atoms with Crippen LogP contribution in [0.1, 0.15) is 46.5 Å². The maximum absolute atomic E-state index is 11.5. The molecule has 0 saturated heterocycles. The number of ether oxygens (including phenoxy) is 1. The molecule has 0 spiro atoms. The summed E-state index contributed by atoms with van der Waals surface area (Å²) < 4.78 is 6.07. The van der Waals surface area contributed by atoms with Gasteiger partial charge in [-0.2, -0.15) is 0 Å². The van der Waals surface area contributed by atoms with Crippen LogP contribution in [-0.2, 0) is 14.3 Å². The number of hydrogen-bond acceptors (Lipinski definition) is 3. The first-order valence-corrected chi connectivity index (χ1v) is 7.90. The van der Waals surface area contributed by atoms with Crippen LogP contribution in [0.25, 0.3) is 0 Å². The third-order valence-corrected chi connectivity index (χ3v) is 4.08. The number of amides is 1. The fourth-order valence-corrected chi connectivity index (χ4v) is 2.91. The zero-order valence-corrected chi connectivity index (χ0v) is 13.7. The quantitative estimate of drug-likeness (QED) is 0.676. The first kappa shape index (κ1) is 18.4. The summed E-state index contributed by atoms with van der Waals surface area (Å²) in [6, 6.07) is -0.223. The molecule has 1 aliphatic carbocycles. The Labute approximate surface area is 132 Å². The Balaban J connectivity index is 3.08. The molecule has 0 aromatic heterocycles. The van der Waals surface area contributed by atoms with Gasteiger partial charge in [-0.15, -0.1) is 6.58 Å². The van der Waals surface area contributed by atoms with Crippen LogP contribution >= 0.6 is 0 Å². The highest BCUT2D eigenvalue weighted by Crippen LogP contribution is 2.31. The van der Waals surface area contributed by atoms with Crippen LogP contribution in [0.3, 0.4) is 0 Å². The van der Waals surface area contributed by atoms with E-state index in [9.17, 15) is 14.7 Å². The normalized spacial score (nSPS) is 24.7. The van der Waals surface area contributed by atoms with Crippen LogP contribution in [0.5, 0.6) is 0 Å². The number of carboxylic acids is 1. The Morgan fingerprint density at radius 1 is 1.50 bits per heavy atom. The molecule has 1 amide bonds. The molecule has 0 radical (unpaired) electrons. The van der Waals surface area contributed by atoms with Crippen molar-refractivity contribution in [3.8, 4) is 0 Å². The Morgan fingerprint density at radius 2 is 2.14 bits per heavy atom. The van der Waals surface area contributed by atoms with Gasteiger partial charge in [-0.25, -0.2) is 4.79 Å². The Hall–Kier alpha value is -1.62. The second kappa shape index (κ2) is 8.73. The van der Waals surface area contributed by atoms with Crippen molar-refractivity contribution >= 4 is 11.9 Å². The SMILES string of the molecule is C=CC[C@H]1CC(C(=O)O)=C[C@@H](OC(CC)CC)[C@@H]1NC(C)=O. The highest BCUT2D eigenvalue weighted by atomic mass is 16.5. The topological polar surface area (TPSA) is 75.6 Å². The van der Waals surface area contributed by atoms with E-state index in [0.717, 1.165) is 12.8 Å². The van der Waals surface area contributed by atoms with Crippen molar-refractivity contribution in [3.63, 3.8) is 0 Å². The molecule has 5 heteroatoms. The molecule has 0 bridgehead atoms. The van der Waals surface area contributed by atoms with E-state index in [0.29, 0.717) is 18.4 Å². The molecule has 2 N–H and O–H groups in total. The Kier molecular flexibility index (Phi) is 7.32. The van der Waals surface area contributed by atoms with Crippen LogP contribution in [0.2, 0.25) is 0 Å². The lowest BCUT2D eigenvalue weighted by molar-refractivity contribution is -0.133. The number of rotatable bonds is 8. The summed E-state index contributed by atoms with van der Waals surface area (Å²) in [6.07, 6.45) is 5.80. The third-order valence-electron chi connectivity index (χ3n) is 4.08. The van der Waals surface area contributed by atoms with Crippen molar-refractivity contribution in [2.24, 2.45) is 5.92 Å². The first-order valence-electron chi connectivity index (χ1n) is 7.90. The first-order chi connectivity index (χ1) is 10.4. The summed E-state index contributed by atoms with van der Waals surface area (Å²) in [5.74, 6) is -1.07. The van der Waals surface area contributed by atoms with Gasteiger partial charge >= 0.3 is 5.97 Å². The summed E-state index contributed by atoms with van der Waals surface area (Å²) in [4.78, 5) is 22.9. The van der Waals surface area contributed by atoms with Crippen LogP contribution in [0.15, 0.2) is 24.3 Å². The predicted octanol–water partition coefficient (Wildman–Crippen LogP) is 2.67. The number of allylic oxidation sites excluding steroid dienone is 1. The standard InChI is InChI=1S/C17H27NO4/c1-5-8-12-9-13(17(20)21)10-15(16(12)18-11(4)19)22-14(6-2)7-3/h5,10,12,14-16H,1,6-9H2,2-4H3,(H,18,19)(H,20,21)/t12-,15+,16+/m0/s1. The van der Waals surface area contributed by atoms with Crippen molar-refractivity contribution in [2.45, 2.75) is 64.7 Å². The molecule has 0 fully saturated rings. The number of carbonyl (C=O) groups is 2. The molecule has 22 heavy (non-hydrogen) atoms. The Bertz CT molecular complexity index is 440. The summed E-state index contributed by atoms with van der Waals surface area (Å²) in [5, 5.41) is 12.3. The second-order valence-electron chi connectivity index (χ2n) is 5.75. The molecule has 3 atom stereocenters. The van der Waals surface area contributed by atoms with E-state index in [1.165, 1.54) is 6.92 Å². The van der Waals surface area contributed by atoms with Crippen LogP contribution in [0.4, 0.5) is 0 Å². The molecule has 1 aliphatic rings. The highest BCUT2D eigenvalue weighted by Gasteiger charge is 2.36. The Morgan fingerprint density at radius 3 is 2.59 bits per heavy atom. The van der Waals surface area contributed by atoms with E-state index in [-0.39, 0.29) is 24.0 Å². The lowest BCUT2D eigenvalue weighted by Gasteiger charge is -2.37. The van der Waals surface area contributed by atoms with Crippen molar-refractivity contribution < 1.29 is 19.4 Å². The van der Waals surface area contributed by atoms with Crippen LogP contribution in [0, 0.1) is 5.92 Å². The van der Waals surface area contributed by atoms with Gasteiger partial charge in [0.2, 0.25) is 5.91 Å². The molecule has 124 valence electrons. The van der Waals surface area contributed by atoms with E-state index in [4.69, 9.17) is 4.74 Å². The minimum absolute atomic E-state index is 0.0168. The van der Waals surface area contributed by atoms with E-state index in [2.05, 4.69) is 11.9 Å². The molecular formula is C17H27NO4. The van der Waals surface area contributed by atoms with E-state index < -0.39 is 12.1 Å². The van der Waals surface area contributed by atoms with Crippen molar-refractivity contribution in [2.75, 3.05) is 0 Å². The molecule has 0 saturated carbocycles. The maximum Gasteiger partial charge on any atom is 0.331 e. The maximum atomic E-state index is 11.5. The zero-order valence-electron chi connectivity index (χ0n) is 13.7. The fraction of sp³-hybridized carbons (Fsp3) is 0.647. The van der Waals surface area contributed by atoms with Gasteiger partial charge in [0.15, 0.2) is 0 Å². The van der Waals surface area contributed by atoms with Crippen LogP contribution in [-0.4, -0.2) is 35.2 Å². The monoisotopic (exact) mass is 309 g/mol. The summed E-state index contributed by atoms with van der Waals surface area (Å²) in [6.45, 7) is 9.27. The van der Waals surface area contributed by atoms with Gasteiger partial charge in [0, 0.05) is 12.5 Å². The molecular weight excluding hydrogens is 282 g/mol. The minimum atomic E-state index is -0.923. The number of aliphatic carboxylic acids is 1. The zero-order chi connectivity index (χ0) is 16.7. The molecule has 0 unspecified atom stereocenters. The molecule has 0 aliphatic heterocycles. The van der Waals surface area contributed by atoms with Crippen molar-refractivity contribution in [1.82, 2.24) is 5.32 Å². The number of carbonyl (C=O) groups excluding carboxylic acids is 1. The second-order valence-corrected chi connectivity index (χ2v) is 5.75. The highest BCUT2D eigenvalue weighted by molar-refractivity contribution is 5.87. The van der Waals surface area contributed by atoms with E-state index >= 15 is 0 Å². The van der Waals surface area contributed by atoms with Gasteiger partial charge in [-0.3, -0.25) is 4.79 Å². The van der Waals surface area contributed by atoms with Gasteiger partial charge in [0.05, 0.1) is 18.2 Å². The van der Waals surface area contributed by atoms with Gasteiger partial charge in [-0.1, -0.05) is 19.9 Å². The fourth-order valence-electron chi connectivity index (χ4n) is 2.91. The largest absolute Gasteiger partial charge is 0.478 e. The summed E-state index contributed by atoms with van der Waals surface area (Å²) >= 11 is 0. The number of nitrogens with one attached hydrogen (secondary N) is 1. The van der Waals surface area contributed by atoms with E-state index in [1.54, 1.807) is 12.2 Å². The summed E-state index contributed by atoms with van der Waals surface area (Å²) in [5.41, 5.74) is 0.351. The molecule has 1 rings (SSSR count). The van der Waals surface area contributed by atoms with Crippen molar-refractivity contribution in [1.29, 1.82) is 0 Å².